The third-order valence-electron chi connectivity index (χ3n) is 8.49. The molecule has 0 saturated heterocycles. The van der Waals surface area contributed by atoms with Crippen molar-refractivity contribution in [2.45, 2.75) is 33.8 Å². The van der Waals surface area contributed by atoms with Crippen LogP contribution in [0.5, 0.6) is 23.0 Å². The number of fused-ring (bicyclic) bond motifs is 3. The molecule has 2 aliphatic heterocycles. The van der Waals surface area contributed by atoms with E-state index in [1.807, 2.05) is 58.0 Å². The average molecular weight is 940 g/mol. The van der Waals surface area contributed by atoms with Gasteiger partial charge in [-0.05, 0) is 0 Å². The van der Waals surface area contributed by atoms with Crippen LogP contribution < -0.4 is 60.1 Å². The molecule has 4 aromatic rings. The number of nitrogens with one attached hydrogen (secondary N) is 1. The van der Waals surface area contributed by atoms with Crippen molar-refractivity contribution in [3.8, 4) is 23.0 Å². The van der Waals surface area contributed by atoms with Gasteiger partial charge >= 0.3 is 321 Å². The summed E-state index contributed by atoms with van der Waals surface area (Å²) >= 11 is 1.39. The summed E-state index contributed by atoms with van der Waals surface area (Å²) in [5.41, 5.74) is 10.1. The molecule has 0 radical (unpaired) electrons. The van der Waals surface area contributed by atoms with Crippen LogP contribution in [0.1, 0.15) is 27.7 Å². The molecule has 0 saturated carbocycles. The van der Waals surface area contributed by atoms with E-state index in [0.717, 1.165) is 11.4 Å². The van der Waals surface area contributed by atoms with Gasteiger partial charge in [0.1, 0.15) is 0 Å². The Hall–Kier alpha value is -4.90. The molecule has 0 bridgehead atoms. The van der Waals surface area contributed by atoms with E-state index >= 15 is 0 Å². The zero-order valence-corrected chi connectivity index (χ0v) is 32.7. The summed E-state index contributed by atoms with van der Waals surface area (Å²) in [5.74, 6) is 0.539. The van der Waals surface area contributed by atoms with Crippen LogP contribution in [0.4, 0.5) is 45.5 Å². The van der Waals surface area contributed by atoms with E-state index < -0.39 is 33.4 Å². The number of nitro groups is 2. The summed E-state index contributed by atoms with van der Waals surface area (Å²) in [6.45, 7) is 11.0. The van der Waals surface area contributed by atoms with Gasteiger partial charge in [-0.1, -0.05) is 0 Å². The number of anilines is 5. The first-order valence-electron chi connectivity index (χ1n) is 16.2. The zero-order valence-electron chi connectivity index (χ0n) is 28.4. The van der Waals surface area contributed by atoms with Crippen molar-refractivity contribution in [3.05, 3.63) is 98.5 Å². The summed E-state index contributed by atoms with van der Waals surface area (Å²) < 4.78 is 22.0. The van der Waals surface area contributed by atoms with Crippen molar-refractivity contribution in [3.63, 3.8) is 0 Å². The van der Waals surface area contributed by atoms with Crippen molar-refractivity contribution >= 4 is 64.1 Å². The second-order valence-corrected chi connectivity index (χ2v) is 15.0. The average Bonchev–Trinajstić information content (AvgIpc) is 3.45. The van der Waals surface area contributed by atoms with E-state index in [9.17, 15) is 25.5 Å². The molecular formula is C33H34I2N8O9-2. The monoisotopic (exact) mass is 940 g/mol. The van der Waals surface area contributed by atoms with Gasteiger partial charge in [-0.3, -0.25) is 0 Å². The molecule has 0 unspecified atom stereocenters. The van der Waals surface area contributed by atoms with E-state index in [-0.39, 0.29) is 34.2 Å². The molecule has 0 aliphatic carbocycles. The molecule has 19 heteroatoms. The van der Waals surface area contributed by atoms with Crippen molar-refractivity contribution < 1.29 is 51.7 Å². The van der Waals surface area contributed by atoms with Gasteiger partial charge in [-0.25, -0.2) is 0 Å². The summed E-state index contributed by atoms with van der Waals surface area (Å²) in [4.78, 5) is 31.5. The van der Waals surface area contributed by atoms with Gasteiger partial charge < -0.3 is 0 Å². The summed E-state index contributed by atoms with van der Waals surface area (Å²) in [5, 5.41) is 34.9. The third-order valence-corrected chi connectivity index (χ3v) is 11.9. The molecule has 2 N–H and O–H groups in total. The van der Waals surface area contributed by atoms with Gasteiger partial charge in [-0.15, -0.1) is 0 Å². The molecule has 1 atom stereocenters. The van der Waals surface area contributed by atoms with Gasteiger partial charge in [0.25, 0.3) is 0 Å². The Kier molecular flexibility index (Phi) is 10.9. The maximum absolute atomic E-state index is 11.9. The van der Waals surface area contributed by atoms with Gasteiger partial charge in [0, 0.05) is 0 Å². The number of ether oxygens (including phenoxy) is 3. The van der Waals surface area contributed by atoms with Crippen LogP contribution in [0.3, 0.4) is 0 Å². The first kappa shape index (κ1) is 36.9. The van der Waals surface area contributed by atoms with Crippen LogP contribution in [0.2, 0.25) is 0 Å². The van der Waals surface area contributed by atoms with E-state index in [1.165, 1.54) is 41.4 Å². The summed E-state index contributed by atoms with van der Waals surface area (Å²) in [7, 11) is 0. The Labute approximate surface area is 318 Å². The Morgan fingerprint density at radius 2 is 1.35 bits per heavy atom. The number of nitro benzene ring substituents is 2. The molecule has 1 spiro atoms. The Morgan fingerprint density at radius 3 is 1.90 bits per heavy atom. The standard InChI is InChI=1S/C33H34I2N8O9/c1-5-38(6-2)21-9-13-27-31(19-21)50-33(40(27)36-26-18-24(43(46)47)12-16-30(26)52-48)49-29-15-11-23(42(44)45)17-25(29)37-41(35-34)28-14-10-22(20-32(28)51-33)39(7-3)8-4/h9-20,36,48H,5-8H2,1-4H3/q-2/t33-/m0/s1. The molecule has 0 aromatic heterocycles. The van der Waals surface area contributed by atoms with Gasteiger partial charge in [-0.2, -0.15) is 0 Å². The molecule has 2 aliphatic rings. The number of benzene rings is 4. The molecule has 2 heterocycles. The van der Waals surface area contributed by atoms with E-state index in [0.29, 0.717) is 49.1 Å². The van der Waals surface area contributed by atoms with Gasteiger partial charge in [0.2, 0.25) is 0 Å². The topological polar surface area (TPSA) is 183 Å². The van der Waals surface area contributed by atoms with E-state index in [1.54, 1.807) is 9.29 Å². The fraction of sp³-hybridized carbons (Fsp3) is 0.273. The number of hydrazine groups is 1. The molecule has 4 aromatic carbocycles. The van der Waals surface area contributed by atoms with Crippen molar-refractivity contribution in [1.82, 2.24) is 0 Å². The predicted octanol–water partition coefficient (Wildman–Crippen LogP) is 5.14. The second-order valence-electron chi connectivity index (χ2n) is 11.3. The fourth-order valence-corrected chi connectivity index (χ4v) is 8.64. The minimum absolute atomic E-state index is 0.0297. The Morgan fingerprint density at radius 1 is 0.808 bits per heavy atom. The predicted molar refractivity (Wildman–Crippen MR) is 200 cm³/mol. The van der Waals surface area contributed by atoms with E-state index in [2.05, 4.69) is 38.7 Å². The summed E-state index contributed by atoms with van der Waals surface area (Å²) in [6, 6.07) is 18.7. The zero-order chi connectivity index (χ0) is 37.2. The number of hydrogen-bond donors (Lipinski definition) is 2. The second kappa shape index (κ2) is 15.4. The molecule has 52 heavy (non-hydrogen) atoms. The van der Waals surface area contributed by atoms with Crippen LogP contribution >= 0.6 is 18.6 Å². The van der Waals surface area contributed by atoms with Crippen LogP contribution in [0.25, 0.3) is 5.43 Å². The van der Waals surface area contributed by atoms with Crippen molar-refractivity contribution in [2.24, 2.45) is 0 Å². The number of non-ortho nitro benzene ring substituents is 2. The Bertz CT molecular complexity index is 1980. The molecule has 0 fully saturated rings. The quantitative estimate of drug-likeness (QED) is 0.0627. The van der Waals surface area contributed by atoms with Crippen molar-refractivity contribution in [1.29, 1.82) is 0 Å². The minimum atomic E-state index is -2.27. The van der Waals surface area contributed by atoms with Crippen LogP contribution in [0, 0.1) is 20.2 Å². The van der Waals surface area contributed by atoms with Crippen LogP contribution in [0.15, 0.2) is 72.8 Å². The van der Waals surface area contributed by atoms with Crippen LogP contribution in [-0.2, 0) is 0 Å². The third kappa shape index (κ3) is 6.98. The van der Waals surface area contributed by atoms with Gasteiger partial charge in [0.15, 0.2) is 0 Å². The number of rotatable bonds is 12. The van der Waals surface area contributed by atoms with Crippen molar-refractivity contribution in [2.75, 3.05) is 49.6 Å². The normalized spacial score (nSPS) is 15.7. The summed E-state index contributed by atoms with van der Waals surface area (Å²) in [6.07, 6.45) is -2.27. The molecule has 17 nitrogen and oxygen atoms in total. The fourth-order valence-electron chi connectivity index (χ4n) is 5.87. The number of nitrogens with zero attached hydrogens (tertiary/aromatic N) is 7. The number of halogens is 2. The van der Waals surface area contributed by atoms with Crippen LogP contribution in [-0.4, -0.2) is 47.4 Å². The van der Waals surface area contributed by atoms with Gasteiger partial charge in [0.05, 0.1) is 0 Å². The molecule has 0 amide bonds. The molecule has 276 valence electrons. The Balaban J connectivity index is 1.62. The number of hydrogen-bond acceptors (Lipinski definition) is 14. The van der Waals surface area contributed by atoms with E-state index in [4.69, 9.17) is 19.6 Å². The maximum atomic E-state index is 11.9. The SMILES string of the molecule is CCN(CC)c1ccc2c(c1)O[C@@]1(Oc3ccc([N+](=O)[O-])cc3[N-]N2[I-]I)Oc2cc(N(CC)CC)ccc2N1Nc1cc([N+](=O)[O-])ccc1OO. The first-order chi connectivity index (χ1) is 25.1. The molecular weight excluding hydrogens is 906 g/mol. The first-order valence-corrected chi connectivity index (χ1v) is 23.4. The molecule has 6 rings (SSSR count).